The first-order valence-electron chi connectivity index (χ1n) is 9.80. The van der Waals surface area contributed by atoms with E-state index in [2.05, 4.69) is 36.4 Å². The van der Waals surface area contributed by atoms with Crippen molar-refractivity contribution in [1.29, 1.82) is 0 Å². The first kappa shape index (κ1) is 21.4. The Bertz CT molecular complexity index is 967. The summed E-state index contributed by atoms with van der Waals surface area (Å²) in [6, 6.07) is 13.0. The van der Waals surface area contributed by atoms with E-state index in [1.165, 1.54) is 12.1 Å². The first-order chi connectivity index (χ1) is 14.3. The number of halogens is 1. The Labute approximate surface area is 176 Å². The van der Waals surface area contributed by atoms with Crippen LogP contribution in [-0.4, -0.2) is 21.6 Å². The molecule has 2 amide bonds. The van der Waals surface area contributed by atoms with E-state index < -0.39 is 0 Å². The molecule has 0 aliphatic heterocycles. The van der Waals surface area contributed by atoms with Gasteiger partial charge >= 0.3 is 6.03 Å². The van der Waals surface area contributed by atoms with Crippen LogP contribution in [0.5, 0.6) is 5.75 Å². The Morgan fingerprint density at radius 3 is 2.70 bits per heavy atom. The molecule has 1 heterocycles. The van der Waals surface area contributed by atoms with Crippen LogP contribution in [0.4, 0.5) is 14.9 Å². The maximum absolute atomic E-state index is 13.3. The average molecular weight is 410 g/mol. The Kier molecular flexibility index (Phi) is 6.72. The summed E-state index contributed by atoms with van der Waals surface area (Å²) in [6.07, 6.45) is 5.32. The van der Waals surface area contributed by atoms with E-state index in [9.17, 15) is 9.18 Å². The number of aromatic nitrogens is 2. The maximum atomic E-state index is 13.3. The molecule has 0 saturated heterocycles. The number of imidazole rings is 1. The van der Waals surface area contributed by atoms with Crippen molar-refractivity contribution in [2.75, 3.05) is 5.32 Å². The van der Waals surface area contributed by atoms with Crippen molar-refractivity contribution in [3.05, 3.63) is 78.6 Å². The highest BCUT2D eigenvalue weighted by molar-refractivity contribution is 5.89. The summed E-state index contributed by atoms with van der Waals surface area (Å²) < 4.78 is 21.0. The predicted molar refractivity (Wildman–Crippen MR) is 115 cm³/mol. The van der Waals surface area contributed by atoms with Crippen LogP contribution in [-0.2, 0) is 13.2 Å². The van der Waals surface area contributed by atoms with Crippen LogP contribution < -0.4 is 15.4 Å². The van der Waals surface area contributed by atoms with E-state index in [-0.39, 0.29) is 29.9 Å². The highest BCUT2D eigenvalue weighted by atomic mass is 19.1. The molecule has 2 aromatic carbocycles. The van der Waals surface area contributed by atoms with E-state index in [0.717, 1.165) is 5.56 Å². The van der Waals surface area contributed by atoms with Crippen molar-refractivity contribution < 1.29 is 13.9 Å². The van der Waals surface area contributed by atoms with Crippen LogP contribution in [0.25, 0.3) is 0 Å². The van der Waals surface area contributed by atoms with E-state index in [0.29, 0.717) is 18.0 Å². The van der Waals surface area contributed by atoms with Gasteiger partial charge in [-0.3, -0.25) is 0 Å². The van der Waals surface area contributed by atoms with E-state index >= 15 is 0 Å². The molecule has 1 aromatic heterocycles. The molecule has 0 radical (unpaired) electrons. The number of anilines is 1. The monoisotopic (exact) mass is 410 g/mol. The molecule has 3 aromatic rings. The Morgan fingerprint density at radius 1 is 1.20 bits per heavy atom. The van der Waals surface area contributed by atoms with Crippen LogP contribution in [0.15, 0.2) is 67.3 Å². The number of carbonyl (C=O) groups excluding carboxylic acids is 1. The van der Waals surface area contributed by atoms with Crippen LogP contribution >= 0.6 is 0 Å². The molecule has 0 aliphatic rings. The lowest BCUT2D eigenvalue weighted by atomic mass is 9.86. The third-order valence-electron chi connectivity index (χ3n) is 4.69. The molecule has 3 rings (SSSR count). The van der Waals surface area contributed by atoms with Crippen molar-refractivity contribution in [3.8, 4) is 5.75 Å². The SMILES string of the molecule is CC(C)(C)C(Cn1ccnc1)NC(=O)Nc1cccc(OCc2cccc(F)c2)c1. The molecule has 1 unspecified atom stereocenters. The van der Waals surface area contributed by atoms with Crippen LogP contribution in [0, 0.1) is 11.2 Å². The highest BCUT2D eigenvalue weighted by Crippen LogP contribution is 2.22. The van der Waals surface area contributed by atoms with Gasteiger partial charge in [0.1, 0.15) is 18.2 Å². The predicted octanol–water partition coefficient (Wildman–Crippen LogP) is 4.84. The third kappa shape index (κ3) is 6.34. The number of urea groups is 1. The smallest absolute Gasteiger partial charge is 0.319 e. The van der Waals surface area contributed by atoms with Crippen LogP contribution in [0.1, 0.15) is 26.3 Å². The topological polar surface area (TPSA) is 68.2 Å². The van der Waals surface area contributed by atoms with Gasteiger partial charge in [0.25, 0.3) is 0 Å². The van der Waals surface area contributed by atoms with Crippen molar-refractivity contribution in [2.24, 2.45) is 5.41 Å². The van der Waals surface area contributed by atoms with Crippen molar-refractivity contribution >= 4 is 11.7 Å². The number of hydrogen-bond acceptors (Lipinski definition) is 3. The summed E-state index contributed by atoms with van der Waals surface area (Å²) in [5.41, 5.74) is 1.20. The molecular weight excluding hydrogens is 383 g/mol. The van der Waals surface area contributed by atoms with Gasteiger partial charge in [0.15, 0.2) is 0 Å². The van der Waals surface area contributed by atoms with Gasteiger partial charge in [-0.25, -0.2) is 14.2 Å². The summed E-state index contributed by atoms with van der Waals surface area (Å²) in [4.78, 5) is 16.7. The molecule has 1 atom stereocenters. The Balaban J connectivity index is 1.59. The van der Waals surface area contributed by atoms with Gasteiger partial charge in [0.05, 0.1) is 12.4 Å². The molecule has 158 valence electrons. The number of carbonyl (C=O) groups is 1. The largest absolute Gasteiger partial charge is 0.489 e. The number of nitrogens with zero attached hydrogens (tertiary/aromatic N) is 2. The fourth-order valence-corrected chi connectivity index (χ4v) is 2.92. The zero-order valence-corrected chi connectivity index (χ0v) is 17.4. The normalized spacial score (nSPS) is 12.3. The second kappa shape index (κ2) is 9.43. The van der Waals surface area contributed by atoms with Crippen molar-refractivity contribution in [3.63, 3.8) is 0 Å². The lowest BCUT2D eigenvalue weighted by molar-refractivity contribution is 0.218. The number of amides is 2. The number of rotatable bonds is 7. The second-order valence-electron chi connectivity index (χ2n) is 8.22. The molecule has 0 saturated carbocycles. The van der Waals surface area contributed by atoms with Gasteiger partial charge in [-0.15, -0.1) is 0 Å². The lowest BCUT2D eigenvalue weighted by Gasteiger charge is -2.31. The highest BCUT2D eigenvalue weighted by Gasteiger charge is 2.26. The third-order valence-corrected chi connectivity index (χ3v) is 4.69. The number of nitrogens with one attached hydrogen (secondary N) is 2. The molecule has 0 aliphatic carbocycles. The molecule has 0 fully saturated rings. The van der Waals surface area contributed by atoms with E-state index in [1.807, 2.05) is 10.8 Å². The second-order valence-corrected chi connectivity index (χ2v) is 8.22. The minimum absolute atomic E-state index is 0.0980. The van der Waals surface area contributed by atoms with Gasteiger partial charge in [0, 0.05) is 30.7 Å². The van der Waals surface area contributed by atoms with Crippen LogP contribution in [0.2, 0.25) is 0 Å². The fourth-order valence-electron chi connectivity index (χ4n) is 2.92. The molecule has 0 bridgehead atoms. The summed E-state index contributed by atoms with van der Waals surface area (Å²) in [5.74, 6) is 0.287. The average Bonchev–Trinajstić information content (AvgIpc) is 3.19. The fraction of sp³-hybridized carbons (Fsp3) is 0.304. The summed E-state index contributed by atoms with van der Waals surface area (Å²) in [5, 5.41) is 5.90. The van der Waals surface area contributed by atoms with Gasteiger partial charge in [-0.05, 0) is 35.2 Å². The maximum Gasteiger partial charge on any atom is 0.319 e. The van der Waals surface area contributed by atoms with Gasteiger partial charge < -0.3 is 19.9 Å². The molecule has 0 spiro atoms. The molecule has 7 heteroatoms. The van der Waals surface area contributed by atoms with E-state index in [4.69, 9.17) is 4.74 Å². The van der Waals surface area contributed by atoms with Gasteiger partial charge in [-0.2, -0.15) is 0 Å². The number of ether oxygens (including phenoxy) is 1. The molecule has 2 N–H and O–H groups in total. The van der Waals surface area contributed by atoms with Gasteiger partial charge in [-0.1, -0.05) is 39.0 Å². The summed E-state index contributed by atoms with van der Waals surface area (Å²) >= 11 is 0. The summed E-state index contributed by atoms with van der Waals surface area (Å²) in [6.45, 7) is 7.10. The molecule has 30 heavy (non-hydrogen) atoms. The van der Waals surface area contributed by atoms with Crippen LogP contribution in [0.3, 0.4) is 0 Å². The zero-order valence-electron chi connectivity index (χ0n) is 17.4. The lowest BCUT2D eigenvalue weighted by Crippen LogP contribution is -2.47. The Morgan fingerprint density at radius 2 is 2.00 bits per heavy atom. The summed E-state index contributed by atoms with van der Waals surface area (Å²) in [7, 11) is 0. The minimum atomic E-state index is -0.299. The quantitative estimate of drug-likeness (QED) is 0.586. The van der Waals surface area contributed by atoms with E-state index in [1.54, 1.807) is 48.9 Å². The number of hydrogen-bond donors (Lipinski definition) is 2. The first-order valence-corrected chi connectivity index (χ1v) is 9.80. The standard InChI is InChI=1S/C23H27FN4O2/c1-23(2,3)21(14-28-11-10-25-16-28)27-22(29)26-19-8-5-9-20(13-19)30-15-17-6-4-7-18(24)12-17/h4-13,16,21H,14-15H2,1-3H3,(H2,26,27,29). The minimum Gasteiger partial charge on any atom is -0.489 e. The Hall–Kier alpha value is -3.35. The zero-order chi connectivity index (χ0) is 21.6. The number of benzene rings is 2. The molecule has 6 nitrogen and oxygen atoms in total. The molecular formula is C23H27FN4O2. The van der Waals surface area contributed by atoms with Gasteiger partial charge in [0.2, 0.25) is 0 Å². The van der Waals surface area contributed by atoms with Crippen molar-refractivity contribution in [2.45, 2.75) is 40.0 Å². The van der Waals surface area contributed by atoms with Crippen molar-refractivity contribution in [1.82, 2.24) is 14.9 Å².